The van der Waals surface area contributed by atoms with E-state index in [9.17, 15) is 14.7 Å². The maximum atomic E-state index is 13.7. The highest BCUT2D eigenvalue weighted by atomic mass is 16.4. The van der Waals surface area contributed by atoms with Crippen molar-refractivity contribution in [2.45, 2.75) is 58.0 Å². The number of carbonyl (C=O) groups is 2. The van der Waals surface area contributed by atoms with Crippen LogP contribution in [0.25, 0.3) is 21.8 Å². The molecule has 5 nitrogen and oxygen atoms in total. The summed E-state index contributed by atoms with van der Waals surface area (Å²) in [5.74, 6) is -1.44. The number of fused-ring (bicyclic) bond motifs is 3. The second-order valence-electron chi connectivity index (χ2n) is 11.5. The number of hydrogen-bond acceptors (Lipinski definition) is 2. The molecule has 1 amide bonds. The minimum atomic E-state index is -1.07. The normalized spacial score (nSPS) is 15.3. The number of nitrogens with one attached hydrogen (secondary N) is 1. The van der Waals surface area contributed by atoms with Crippen molar-refractivity contribution in [1.82, 2.24) is 9.88 Å². The summed E-state index contributed by atoms with van der Waals surface area (Å²) in [6.07, 6.45) is 4.15. The Labute approximate surface area is 240 Å². The van der Waals surface area contributed by atoms with Gasteiger partial charge in [-0.1, -0.05) is 91.7 Å². The van der Waals surface area contributed by atoms with E-state index in [1.54, 1.807) is 24.3 Å². The van der Waals surface area contributed by atoms with Gasteiger partial charge in [-0.15, -0.1) is 0 Å². The summed E-state index contributed by atoms with van der Waals surface area (Å²) in [4.78, 5) is 25.9. The first-order chi connectivity index (χ1) is 19.9. The molecule has 0 bridgehead atoms. The third-order valence-corrected chi connectivity index (χ3v) is 8.71. The summed E-state index contributed by atoms with van der Waals surface area (Å²) >= 11 is 0. The SMILES string of the molecule is Cc1cc(C)c2c3ccccc3n(Cc3ccc(C(C(=O)NC(C(=O)O)c4ccccc4)C4CCCC4)cc3)c2c1. The van der Waals surface area contributed by atoms with E-state index in [2.05, 4.69) is 84.4 Å². The van der Waals surface area contributed by atoms with Crippen molar-refractivity contribution < 1.29 is 14.7 Å². The molecule has 1 heterocycles. The quantitative estimate of drug-likeness (QED) is 0.210. The van der Waals surface area contributed by atoms with Gasteiger partial charge < -0.3 is 15.0 Å². The Bertz CT molecular complexity index is 1710. The molecule has 0 radical (unpaired) electrons. The fourth-order valence-electron chi connectivity index (χ4n) is 6.84. The van der Waals surface area contributed by atoms with E-state index in [-0.39, 0.29) is 17.7 Å². The number of nitrogens with zero attached hydrogens (tertiary/aromatic N) is 1. The number of hydrogen-bond donors (Lipinski definition) is 2. The van der Waals surface area contributed by atoms with E-state index in [1.807, 2.05) is 6.07 Å². The lowest BCUT2D eigenvalue weighted by Crippen LogP contribution is -2.38. The average molecular weight is 545 g/mol. The Kier molecular flexibility index (Phi) is 7.36. The van der Waals surface area contributed by atoms with Gasteiger partial charge in [-0.2, -0.15) is 0 Å². The van der Waals surface area contributed by atoms with E-state index in [0.29, 0.717) is 5.56 Å². The van der Waals surface area contributed by atoms with Gasteiger partial charge in [0.25, 0.3) is 0 Å². The van der Waals surface area contributed by atoms with Crippen LogP contribution >= 0.6 is 0 Å². The monoisotopic (exact) mass is 544 g/mol. The van der Waals surface area contributed by atoms with Crippen molar-refractivity contribution in [3.8, 4) is 0 Å². The number of aryl methyl sites for hydroxylation is 2. The van der Waals surface area contributed by atoms with Crippen LogP contribution in [-0.4, -0.2) is 21.6 Å². The molecule has 1 aromatic heterocycles. The van der Waals surface area contributed by atoms with E-state index in [4.69, 9.17) is 0 Å². The van der Waals surface area contributed by atoms with Crippen molar-refractivity contribution in [1.29, 1.82) is 0 Å². The smallest absolute Gasteiger partial charge is 0.330 e. The Morgan fingerprint density at radius 2 is 1.54 bits per heavy atom. The molecular formula is C36H36N2O3. The van der Waals surface area contributed by atoms with Crippen LogP contribution in [0.2, 0.25) is 0 Å². The summed E-state index contributed by atoms with van der Waals surface area (Å²) in [6.45, 7) is 5.05. The molecule has 6 rings (SSSR count). The highest BCUT2D eigenvalue weighted by Crippen LogP contribution is 2.38. The topological polar surface area (TPSA) is 71.3 Å². The van der Waals surface area contributed by atoms with Crippen LogP contribution in [0.5, 0.6) is 0 Å². The minimum Gasteiger partial charge on any atom is -0.479 e. The molecule has 1 aliphatic rings. The molecule has 0 spiro atoms. The second kappa shape index (κ2) is 11.2. The number of carbonyl (C=O) groups excluding carboxylic acids is 1. The highest BCUT2D eigenvalue weighted by Gasteiger charge is 2.34. The maximum absolute atomic E-state index is 13.7. The van der Waals surface area contributed by atoms with Crippen LogP contribution in [0.4, 0.5) is 0 Å². The van der Waals surface area contributed by atoms with Gasteiger partial charge in [0.05, 0.1) is 5.92 Å². The molecule has 1 aliphatic carbocycles. The van der Waals surface area contributed by atoms with Gasteiger partial charge in [0, 0.05) is 28.4 Å². The molecule has 4 aromatic carbocycles. The zero-order valence-corrected chi connectivity index (χ0v) is 23.6. The number of para-hydroxylation sites is 1. The molecule has 0 aliphatic heterocycles. The minimum absolute atomic E-state index is 0.203. The van der Waals surface area contributed by atoms with Crippen LogP contribution in [0.3, 0.4) is 0 Å². The standard InChI is InChI=1S/C36H36N2O3/c1-23-20-24(2)32-29-14-8-9-15-30(29)38(31(32)21-23)22-25-16-18-27(19-17-25)33(26-10-6-7-11-26)35(39)37-34(36(40)41)28-12-4-3-5-13-28/h3-5,8-9,12-21,26,33-34H,6-7,10-11,22H2,1-2H3,(H,37,39)(H,40,41). The fraction of sp³-hybridized carbons (Fsp3) is 0.278. The largest absolute Gasteiger partial charge is 0.479 e. The molecule has 2 atom stereocenters. The molecule has 1 saturated carbocycles. The predicted molar refractivity (Wildman–Crippen MR) is 164 cm³/mol. The molecular weight excluding hydrogens is 508 g/mol. The first-order valence-electron chi connectivity index (χ1n) is 14.6. The fourth-order valence-corrected chi connectivity index (χ4v) is 6.84. The van der Waals surface area contributed by atoms with E-state index >= 15 is 0 Å². The number of benzene rings is 4. The molecule has 2 unspecified atom stereocenters. The molecule has 5 heteroatoms. The van der Waals surface area contributed by atoms with Gasteiger partial charge >= 0.3 is 5.97 Å². The van der Waals surface area contributed by atoms with Gasteiger partial charge in [0.2, 0.25) is 5.91 Å². The molecule has 5 aromatic rings. The van der Waals surface area contributed by atoms with Crippen molar-refractivity contribution >= 4 is 33.7 Å². The molecule has 41 heavy (non-hydrogen) atoms. The van der Waals surface area contributed by atoms with Crippen LogP contribution in [-0.2, 0) is 16.1 Å². The Morgan fingerprint density at radius 3 is 2.24 bits per heavy atom. The second-order valence-corrected chi connectivity index (χ2v) is 11.5. The number of carboxylic acids is 1. The van der Waals surface area contributed by atoms with Crippen molar-refractivity contribution in [3.63, 3.8) is 0 Å². The summed E-state index contributed by atoms with van der Waals surface area (Å²) in [5, 5.41) is 15.4. The summed E-state index contributed by atoms with van der Waals surface area (Å²) < 4.78 is 2.39. The lowest BCUT2D eigenvalue weighted by atomic mass is 9.83. The molecule has 2 N–H and O–H groups in total. The zero-order chi connectivity index (χ0) is 28.5. The Morgan fingerprint density at radius 1 is 0.854 bits per heavy atom. The van der Waals surface area contributed by atoms with Gasteiger partial charge in [-0.25, -0.2) is 4.79 Å². The summed E-state index contributed by atoms with van der Waals surface area (Å²) in [5.41, 5.74) is 7.66. The van der Waals surface area contributed by atoms with Crippen molar-refractivity contribution in [2.24, 2.45) is 5.92 Å². The van der Waals surface area contributed by atoms with Crippen LogP contribution in [0, 0.1) is 19.8 Å². The zero-order valence-electron chi connectivity index (χ0n) is 23.6. The van der Waals surface area contributed by atoms with Crippen LogP contribution < -0.4 is 5.32 Å². The molecule has 208 valence electrons. The summed E-state index contributed by atoms with van der Waals surface area (Å²) in [6, 6.07) is 29.3. The van der Waals surface area contributed by atoms with Crippen LogP contribution in [0.15, 0.2) is 91.0 Å². The number of amides is 1. The first-order valence-corrected chi connectivity index (χ1v) is 14.6. The van der Waals surface area contributed by atoms with Crippen molar-refractivity contribution in [2.75, 3.05) is 0 Å². The first kappa shape index (κ1) is 26.8. The van der Waals surface area contributed by atoms with Crippen LogP contribution in [0.1, 0.15) is 65.5 Å². The van der Waals surface area contributed by atoms with E-state index in [0.717, 1.165) is 43.4 Å². The number of aliphatic carboxylic acids is 1. The average Bonchev–Trinajstić information content (AvgIpc) is 3.60. The third kappa shape index (κ3) is 5.24. The molecule has 1 fully saturated rings. The van der Waals surface area contributed by atoms with Crippen molar-refractivity contribution in [3.05, 3.63) is 119 Å². The van der Waals surface area contributed by atoms with Gasteiger partial charge in [0.15, 0.2) is 6.04 Å². The number of rotatable bonds is 8. The lowest BCUT2D eigenvalue weighted by molar-refractivity contribution is -0.142. The Hall–Kier alpha value is -4.38. The summed E-state index contributed by atoms with van der Waals surface area (Å²) in [7, 11) is 0. The van der Waals surface area contributed by atoms with Gasteiger partial charge in [-0.3, -0.25) is 4.79 Å². The van der Waals surface area contributed by atoms with E-state index in [1.165, 1.54) is 32.9 Å². The van der Waals surface area contributed by atoms with Gasteiger partial charge in [-0.05, 0) is 72.6 Å². The Balaban J connectivity index is 1.31. The predicted octanol–water partition coefficient (Wildman–Crippen LogP) is 7.68. The van der Waals surface area contributed by atoms with E-state index < -0.39 is 12.0 Å². The maximum Gasteiger partial charge on any atom is 0.330 e. The van der Waals surface area contributed by atoms with Gasteiger partial charge in [0.1, 0.15) is 0 Å². The number of carboxylic acid groups (broad SMARTS) is 1. The third-order valence-electron chi connectivity index (χ3n) is 8.71. The highest BCUT2D eigenvalue weighted by molar-refractivity contribution is 6.10. The molecule has 0 saturated heterocycles. The number of aromatic nitrogens is 1. The lowest BCUT2D eigenvalue weighted by Gasteiger charge is -2.25.